The monoisotopic (exact) mass is 291 g/mol. The summed E-state index contributed by atoms with van der Waals surface area (Å²) in [6.07, 6.45) is 1.28. The minimum Gasteiger partial charge on any atom is -0.450 e. The van der Waals surface area contributed by atoms with E-state index in [0.29, 0.717) is 25.4 Å². The van der Waals surface area contributed by atoms with Crippen LogP contribution >= 0.6 is 0 Å². The molecule has 112 valence electrons. The average Bonchev–Trinajstić information content (AvgIpc) is 2.48. The van der Waals surface area contributed by atoms with Gasteiger partial charge in [-0.25, -0.2) is 9.18 Å². The molecule has 0 atom stereocenters. The van der Waals surface area contributed by atoms with E-state index in [-0.39, 0.29) is 17.7 Å². The van der Waals surface area contributed by atoms with E-state index >= 15 is 0 Å². The number of likely N-dealkylation sites (tertiary alicyclic amines) is 1. The number of amides is 1. The Balaban J connectivity index is 1.88. The standard InChI is InChI=1S/C15H18FN3O2/c1-2-21-15(20)19-7-5-12(6-8-19)18-13-4-3-11(10-17)14(16)9-13/h3-4,9,12,18H,2,5-8H2,1H3. The number of hydrogen-bond donors (Lipinski definition) is 1. The molecular weight excluding hydrogens is 273 g/mol. The van der Waals surface area contributed by atoms with Gasteiger partial charge in [-0.3, -0.25) is 0 Å². The Labute approximate surface area is 123 Å². The number of halogens is 1. The molecule has 2 rings (SSSR count). The van der Waals surface area contributed by atoms with Crippen molar-refractivity contribution < 1.29 is 13.9 Å². The van der Waals surface area contributed by atoms with Gasteiger partial charge in [0.2, 0.25) is 0 Å². The van der Waals surface area contributed by atoms with Crippen molar-refractivity contribution in [2.75, 3.05) is 25.0 Å². The van der Waals surface area contributed by atoms with Crippen LogP contribution in [0.15, 0.2) is 18.2 Å². The van der Waals surface area contributed by atoms with Crippen LogP contribution in [0.5, 0.6) is 0 Å². The van der Waals surface area contributed by atoms with Gasteiger partial charge < -0.3 is 15.0 Å². The number of rotatable bonds is 3. The second-order valence-electron chi connectivity index (χ2n) is 4.91. The van der Waals surface area contributed by atoms with Crippen molar-refractivity contribution in [2.24, 2.45) is 0 Å². The summed E-state index contributed by atoms with van der Waals surface area (Å²) in [7, 11) is 0. The maximum atomic E-state index is 13.5. The molecule has 1 fully saturated rings. The molecule has 21 heavy (non-hydrogen) atoms. The molecule has 6 heteroatoms. The third-order valence-electron chi connectivity index (χ3n) is 3.48. The zero-order chi connectivity index (χ0) is 15.2. The third kappa shape index (κ3) is 3.85. The molecule has 0 spiro atoms. The molecule has 0 radical (unpaired) electrons. The van der Waals surface area contributed by atoms with Gasteiger partial charge in [0.25, 0.3) is 0 Å². The lowest BCUT2D eigenvalue weighted by molar-refractivity contribution is 0.0983. The van der Waals surface area contributed by atoms with Gasteiger partial charge in [-0.05, 0) is 38.0 Å². The number of hydrogen-bond acceptors (Lipinski definition) is 4. The predicted octanol–water partition coefficient (Wildman–Crippen LogP) is 2.73. The lowest BCUT2D eigenvalue weighted by atomic mass is 10.0. The first-order valence-electron chi connectivity index (χ1n) is 7.02. The van der Waals surface area contributed by atoms with Crippen molar-refractivity contribution in [3.05, 3.63) is 29.6 Å². The molecule has 1 aromatic rings. The SMILES string of the molecule is CCOC(=O)N1CCC(Nc2ccc(C#N)c(F)c2)CC1. The van der Waals surface area contributed by atoms with E-state index in [0.717, 1.165) is 12.8 Å². The van der Waals surface area contributed by atoms with E-state index in [9.17, 15) is 9.18 Å². The van der Waals surface area contributed by atoms with Crippen LogP contribution in [0.3, 0.4) is 0 Å². The van der Waals surface area contributed by atoms with E-state index in [1.807, 2.05) is 0 Å². The number of anilines is 1. The molecule has 1 N–H and O–H groups in total. The van der Waals surface area contributed by atoms with E-state index in [4.69, 9.17) is 10.00 Å². The molecule has 1 aromatic carbocycles. The van der Waals surface area contributed by atoms with Crippen LogP contribution in [0.4, 0.5) is 14.9 Å². The van der Waals surface area contributed by atoms with E-state index in [1.165, 1.54) is 12.1 Å². The molecule has 1 aliphatic rings. The highest BCUT2D eigenvalue weighted by Crippen LogP contribution is 2.19. The molecule has 0 aromatic heterocycles. The van der Waals surface area contributed by atoms with Crippen molar-refractivity contribution in [3.63, 3.8) is 0 Å². The fourth-order valence-electron chi connectivity index (χ4n) is 2.35. The minimum atomic E-state index is -0.522. The fourth-order valence-corrected chi connectivity index (χ4v) is 2.35. The topological polar surface area (TPSA) is 65.4 Å². The number of carbonyl (C=O) groups excluding carboxylic acids is 1. The molecule has 0 unspecified atom stereocenters. The summed E-state index contributed by atoms with van der Waals surface area (Å²) < 4.78 is 18.5. The van der Waals surface area contributed by atoms with Crippen LogP contribution in [0, 0.1) is 17.1 Å². The molecule has 1 saturated heterocycles. The first kappa shape index (κ1) is 15.1. The van der Waals surface area contributed by atoms with Gasteiger partial charge in [-0.15, -0.1) is 0 Å². The minimum absolute atomic E-state index is 0.0395. The summed E-state index contributed by atoms with van der Waals surface area (Å²) in [4.78, 5) is 13.3. The maximum absolute atomic E-state index is 13.5. The Bertz CT molecular complexity index is 548. The second kappa shape index (κ2) is 6.93. The summed E-state index contributed by atoms with van der Waals surface area (Å²) in [6, 6.07) is 6.47. The Morgan fingerprint density at radius 1 is 1.52 bits per heavy atom. The molecule has 5 nitrogen and oxygen atoms in total. The highest BCUT2D eigenvalue weighted by molar-refractivity contribution is 5.67. The number of nitrogens with one attached hydrogen (secondary N) is 1. The van der Waals surface area contributed by atoms with Gasteiger partial charge in [0, 0.05) is 24.8 Å². The lowest BCUT2D eigenvalue weighted by Gasteiger charge is -2.32. The Kier molecular flexibility index (Phi) is 4.99. The average molecular weight is 291 g/mol. The zero-order valence-electron chi connectivity index (χ0n) is 11.9. The van der Waals surface area contributed by atoms with E-state index in [1.54, 1.807) is 24.0 Å². The van der Waals surface area contributed by atoms with Gasteiger partial charge in [0.05, 0.1) is 12.2 Å². The number of nitriles is 1. The quantitative estimate of drug-likeness (QED) is 0.930. The fraction of sp³-hybridized carbons (Fsp3) is 0.467. The Hall–Kier alpha value is -2.29. The largest absolute Gasteiger partial charge is 0.450 e. The van der Waals surface area contributed by atoms with Crippen molar-refractivity contribution in [2.45, 2.75) is 25.8 Å². The summed E-state index contributed by atoms with van der Waals surface area (Å²) in [6.45, 7) is 3.40. The molecule has 0 aliphatic carbocycles. The first-order valence-corrected chi connectivity index (χ1v) is 7.02. The van der Waals surface area contributed by atoms with Crippen molar-refractivity contribution >= 4 is 11.8 Å². The van der Waals surface area contributed by atoms with Gasteiger partial charge >= 0.3 is 6.09 Å². The van der Waals surface area contributed by atoms with Gasteiger partial charge in [-0.2, -0.15) is 5.26 Å². The van der Waals surface area contributed by atoms with Crippen LogP contribution in [0.1, 0.15) is 25.3 Å². The second-order valence-corrected chi connectivity index (χ2v) is 4.91. The van der Waals surface area contributed by atoms with E-state index < -0.39 is 5.82 Å². The molecule has 1 aliphatic heterocycles. The normalized spacial score (nSPS) is 15.4. The molecule has 1 amide bonds. The van der Waals surface area contributed by atoms with Crippen LogP contribution in [-0.2, 0) is 4.74 Å². The maximum Gasteiger partial charge on any atom is 0.409 e. The molecule has 1 heterocycles. The zero-order valence-corrected chi connectivity index (χ0v) is 11.9. The van der Waals surface area contributed by atoms with Crippen LogP contribution in [0.2, 0.25) is 0 Å². The molecular formula is C15H18FN3O2. The van der Waals surface area contributed by atoms with E-state index in [2.05, 4.69) is 5.32 Å². The first-order chi connectivity index (χ1) is 10.1. The summed E-state index contributed by atoms with van der Waals surface area (Å²) >= 11 is 0. The Morgan fingerprint density at radius 3 is 2.81 bits per heavy atom. The van der Waals surface area contributed by atoms with Crippen LogP contribution < -0.4 is 5.32 Å². The highest BCUT2D eigenvalue weighted by atomic mass is 19.1. The molecule has 0 saturated carbocycles. The lowest BCUT2D eigenvalue weighted by Crippen LogP contribution is -2.42. The van der Waals surface area contributed by atoms with Crippen molar-refractivity contribution in [1.29, 1.82) is 5.26 Å². The predicted molar refractivity (Wildman–Crippen MR) is 76.4 cm³/mol. The number of carbonyl (C=O) groups is 1. The summed E-state index contributed by atoms with van der Waals surface area (Å²) in [5, 5.41) is 11.9. The van der Waals surface area contributed by atoms with Crippen molar-refractivity contribution in [3.8, 4) is 6.07 Å². The summed E-state index contributed by atoms with van der Waals surface area (Å²) in [5.41, 5.74) is 0.693. The Morgan fingerprint density at radius 2 is 2.24 bits per heavy atom. The molecule has 0 bridgehead atoms. The number of ether oxygens (including phenoxy) is 1. The summed E-state index contributed by atoms with van der Waals surface area (Å²) in [5.74, 6) is -0.522. The van der Waals surface area contributed by atoms with Crippen LogP contribution in [-0.4, -0.2) is 36.7 Å². The van der Waals surface area contributed by atoms with Crippen LogP contribution in [0.25, 0.3) is 0 Å². The van der Waals surface area contributed by atoms with Crippen molar-refractivity contribution in [1.82, 2.24) is 4.90 Å². The number of benzene rings is 1. The smallest absolute Gasteiger partial charge is 0.409 e. The number of nitrogens with zero attached hydrogens (tertiary/aromatic N) is 2. The van der Waals surface area contributed by atoms with Gasteiger partial charge in [0.15, 0.2) is 0 Å². The van der Waals surface area contributed by atoms with Gasteiger partial charge in [-0.1, -0.05) is 0 Å². The highest BCUT2D eigenvalue weighted by Gasteiger charge is 2.23. The van der Waals surface area contributed by atoms with Gasteiger partial charge in [0.1, 0.15) is 11.9 Å². The third-order valence-corrected chi connectivity index (χ3v) is 3.48. The number of piperidine rings is 1.